The highest BCUT2D eigenvalue weighted by atomic mass is 16.5. The van der Waals surface area contributed by atoms with E-state index in [9.17, 15) is 9.59 Å². The standard InChI is InChI=1S/C23H23N3O3/c1-16-9-10-19(14-21(16)29-2)26-22(27)13-17-6-5-7-18(12-17)23(28)25-15-20-8-3-4-11-24-20/h3-12,14H,13,15H2,1-2H3,(H,25,28)(H,26,27). The number of anilines is 1. The second-order valence-electron chi connectivity index (χ2n) is 6.61. The molecule has 2 aromatic carbocycles. The van der Waals surface area contributed by atoms with Crippen LogP contribution in [-0.2, 0) is 17.8 Å². The number of amides is 2. The summed E-state index contributed by atoms with van der Waals surface area (Å²) in [7, 11) is 1.60. The average Bonchev–Trinajstić information content (AvgIpc) is 2.74. The molecule has 0 bridgehead atoms. The Labute approximate surface area is 169 Å². The summed E-state index contributed by atoms with van der Waals surface area (Å²) in [4.78, 5) is 29.0. The summed E-state index contributed by atoms with van der Waals surface area (Å²) >= 11 is 0. The highest BCUT2D eigenvalue weighted by Gasteiger charge is 2.10. The maximum Gasteiger partial charge on any atom is 0.251 e. The van der Waals surface area contributed by atoms with Gasteiger partial charge in [-0.3, -0.25) is 14.6 Å². The quantitative estimate of drug-likeness (QED) is 0.648. The van der Waals surface area contributed by atoms with Gasteiger partial charge in [0.1, 0.15) is 5.75 Å². The van der Waals surface area contributed by atoms with Crippen LogP contribution in [0.3, 0.4) is 0 Å². The summed E-state index contributed by atoms with van der Waals surface area (Å²) in [6.45, 7) is 2.29. The van der Waals surface area contributed by atoms with Crippen LogP contribution < -0.4 is 15.4 Å². The van der Waals surface area contributed by atoms with Crippen LogP contribution in [0, 0.1) is 6.92 Å². The molecule has 3 rings (SSSR count). The van der Waals surface area contributed by atoms with E-state index < -0.39 is 0 Å². The lowest BCUT2D eigenvalue weighted by atomic mass is 10.1. The molecular formula is C23H23N3O3. The lowest BCUT2D eigenvalue weighted by Gasteiger charge is -2.10. The van der Waals surface area contributed by atoms with E-state index >= 15 is 0 Å². The fraction of sp³-hybridized carbons (Fsp3) is 0.174. The van der Waals surface area contributed by atoms with Gasteiger partial charge >= 0.3 is 0 Å². The molecule has 0 fully saturated rings. The summed E-state index contributed by atoms with van der Waals surface area (Å²) in [5, 5.41) is 5.70. The van der Waals surface area contributed by atoms with Crippen molar-refractivity contribution in [1.82, 2.24) is 10.3 Å². The molecule has 29 heavy (non-hydrogen) atoms. The van der Waals surface area contributed by atoms with Crippen molar-refractivity contribution in [2.45, 2.75) is 19.9 Å². The van der Waals surface area contributed by atoms with Gasteiger partial charge in [0, 0.05) is 23.5 Å². The second kappa shape index (κ2) is 9.50. The monoisotopic (exact) mass is 389 g/mol. The molecule has 2 N–H and O–H groups in total. The van der Waals surface area contributed by atoms with Gasteiger partial charge in [0.2, 0.25) is 5.91 Å². The van der Waals surface area contributed by atoms with Gasteiger partial charge in [-0.1, -0.05) is 24.3 Å². The van der Waals surface area contributed by atoms with E-state index in [0.717, 1.165) is 22.6 Å². The maximum atomic E-state index is 12.4. The molecule has 6 nitrogen and oxygen atoms in total. The molecule has 0 spiro atoms. The third-order valence-corrected chi connectivity index (χ3v) is 4.40. The van der Waals surface area contributed by atoms with Crippen LogP contribution in [0.2, 0.25) is 0 Å². The Hall–Kier alpha value is -3.67. The van der Waals surface area contributed by atoms with E-state index in [-0.39, 0.29) is 18.2 Å². The normalized spacial score (nSPS) is 10.3. The van der Waals surface area contributed by atoms with Gasteiger partial charge in [0.25, 0.3) is 5.91 Å². The van der Waals surface area contributed by atoms with Crippen molar-refractivity contribution in [1.29, 1.82) is 0 Å². The van der Waals surface area contributed by atoms with Gasteiger partial charge in [0.05, 0.1) is 25.8 Å². The molecule has 1 aromatic heterocycles. The molecule has 148 valence electrons. The average molecular weight is 389 g/mol. The number of aryl methyl sites for hydroxylation is 1. The molecule has 0 aliphatic heterocycles. The zero-order valence-electron chi connectivity index (χ0n) is 16.4. The second-order valence-corrected chi connectivity index (χ2v) is 6.61. The molecule has 2 amide bonds. The van der Waals surface area contributed by atoms with E-state index in [2.05, 4.69) is 15.6 Å². The number of rotatable bonds is 7. The minimum absolute atomic E-state index is 0.164. The smallest absolute Gasteiger partial charge is 0.251 e. The third kappa shape index (κ3) is 5.65. The molecule has 0 saturated heterocycles. The molecule has 0 radical (unpaired) electrons. The molecule has 3 aromatic rings. The van der Waals surface area contributed by atoms with Crippen molar-refractivity contribution in [3.8, 4) is 5.75 Å². The lowest BCUT2D eigenvalue weighted by Crippen LogP contribution is -2.23. The van der Waals surface area contributed by atoms with Crippen LogP contribution in [0.1, 0.15) is 27.2 Å². The Kier molecular flexibility index (Phi) is 6.58. The molecule has 0 aliphatic rings. The van der Waals surface area contributed by atoms with Crippen LogP contribution in [0.5, 0.6) is 5.75 Å². The minimum atomic E-state index is -0.207. The number of ether oxygens (including phenoxy) is 1. The highest BCUT2D eigenvalue weighted by Crippen LogP contribution is 2.22. The Bertz CT molecular complexity index is 1000. The Morgan fingerprint density at radius 1 is 1.03 bits per heavy atom. The predicted molar refractivity (Wildman–Crippen MR) is 112 cm³/mol. The number of nitrogens with zero attached hydrogens (tertiary/aromatic N) is 1. The van der Waals surface area contributed by atoms with Crippen molar-refractivity contribution in [3.05, 3.63) is 89.2 Å². The van der Waals surface area contributed by atoms with Gasteiger partial charge in [-0.2, -0.15) is 0 Å². The molecule has 0 unspecified atom stereocenters. The number of carbonyl (C=O) groups excluding carboxylic acids is 2. The van der Waals surface area contributed by atoms with Crippen molar-refractivity contribution in [3.63, 3.8) is 0 Å². The van der Waals surface area contributed by atoms with Crippen molar-refractivity contribution in [2.24, 2.45) is 0 Å². The minimum Gasteiger partial charge on any atom is -0.496 e. The fourth-order valence-corrected chi connectivity index (χ4v) is 2.89. The highest BCUT2D eigenvalue weighted by molar-refractivity contribution is 5.95. The number of carbonyl (C=O) groups is 2. The number of methoxy groups -OCH3 is 1. The van der Waals surface area contributed by atoms with Crippen LogP contribution in [-0.4, -0.2) is 23.9 Å². The first-order chi connectivity index (χ1) is 14.0. The van der Waals surface area contributed by atoms with E-state index in [4.69, 9.17) is 4.74 Å². The van der Waals surface area contributed by atoms with Crippen LogP contribution in [0.25, 0.3) is 0 Å². The summed E-state index contributed by atoms with van der Waals surface area (Å²) in [5.41, 5.74) is 3.71. The SMILES string of the molecule is COc1cc(NC(=O)Cc2cccc(C(=O)NCc3ccccn3)c2)ccc1C. The van der Waals surface area contributed by atoms with Crippen molar-refractivity contribution < 1.29 is 14.3 Å². The molecule has 0 atom stereocenters. The topological polar surface area (TPSA) is 80.3 Å². The van der Waals surface area contributed by atoms with Gasteiger partial charge < -0.3 is 15.4 Å². The molecule has 0 aliphatic carbocycles. The van der Waals surface area contributed by atoms with Gasteiger partial charge in [-0.25, -0.2) is 0 Å². The van der Waals surface area contributed by atoms with Gasteiger partial charge in [-0.15, -0.1) is 0 Å². The fourth-order valence-electron chi connectivity index (χ4n) is 2.89. The Morgan fingerprint density at radius 2 is 1.90 bits per heavy atom. The van der Waals surface area contributed by atoms with Crippen LogP contribution >= 0.6 is 0 Å². The molecule has 0 saturated carbocycles. The molecule has 6 heteroatoms. The molecular weight excluding hydrogens is 366 g/mol. The Morgan fingerprint density at radius 3 is 2.66 bits per heavy atom. The van der Waals surface area contributed by atoms with Gasteiger partial charge in [-0.05, 0) is 48.4 Å². The first kappa shape index (κ1) is 20.1. The van der Waals surface area contributed by atoms with E-state index in [0.29, 0.717) is 17.8 Å². The maximum absolute atomic E-state index is 12.4. The number of nitrogens with one attached hydrogen (secondary N) is 2. The lowest BCUT2D eigenvalue weighted by molar-refractivity contribution is -0.115. The predicted octanol–water partition coefficient (Wildman–Crippen LogP) is 3.51. The largest absolute Gasteiger partial charge is 0.496 e. The number of hydrogen-bond acceptors (Lipinski definition) is 4. The first-order valence-electron chi connectivity index (χ1n) is 9.26. The summed E-state index contributed by atoms with van der Waals surface area (Å²) in [6, 6.07) is 18.1. The molecule has 1 heterocycles. The first-order valence-corrected chi connectivity index (χ1v) is 9.26. The zero-order valence-corrected chi connectivity index (χ0v) is 16.4. The van der Waals surface area contributed by atoms with E-state index in [1.807, 2.05) is 43.3 Å². The van der Waals surface area contributed by atoms with E-state index in [1.165, 1.54) is 0 Å². The van der Waals surface area contributed by atoms with Crippen molar-refractivity contribution in [2.75, 3.05) is 12.4 Å². The number of hydrogen-bond donors (Lipinski definition) is 2. The van der Waals surface area contributed by atoms with Crippen molar-refractivity contribution >= 4 is 17.5 Å². The number of pyridine rings is 1. The summed E-state index contributed by atoms with van der Waals surface area (Å²) in [5.74, 6) is 0.345. The van der Waals surface area contributed by atoms with Gasteiger partial charge in [0.15, 0.2) is 0 Å². The van der Waals surface area contributed by atoms with E-state index in [1.54, 1.807) is 37.6 Å². The summed E-state index contributed by atoms with van der Waals surface area (Å²) < 4.78 is 5.28. The summed E-state index contributed by atoms with van der Waals surface area (Å²) in [6.07, 6.45) is 1.85. The van der Waals surface area contributed by atoms with Crippen LogP contribution in [0.15, 0.2) is 66.9 Å². The third-order valence-electron chi connectivity index (χ3n) is 4.40. The van der Waals surface area contributed by atoms with Crippen LogP contribution in [0.4, 0.5) is 5.69 Å². The Balaban J connectivity index is 1.60. The number of benzene rings is 2. The number of aromatic nitrogens is 1. The zero-order chi connectivity index (χ0) is 20.6.